The SMILES string of the molecule is NNCc1cc2cnccc2s1. The third kappa shape index (κ3) is 1.32. The average molecular weight is 179 g/mol. The van der Waals surface area contributed by atoms with Crippen LogP contribution in [-0.2, 0) is 6.54 Å². The van der Waals surface area contributed by atoms with Gasteiger partial charge in [0.1, 0.15) is 0 Å². The summed E-state index contributed by atoms with van der Waals surface area (Å²) in [5, 5.41) is 1.19. The molecule has 0 amide bonds. The van der Waals surface area contributed by atoms with E-state index in [1.165, 1.54) is 15.0 Å². The van der Waals surface area contributed by atoms with Gasteiger partial charge in [-0.15, -0.1) is 11.3 Å². The van der Waals surface area contributed by atoms with Crippen LogP contribution in [-0.4, -0.2) is 4.98 Å². The molecule has 0 saturated carbocycles. The Balaban J connectivity index is 2.47. The maximum Gasteiger partial charge on any atom is 0.0443 e. The van der Waals surface area contributed by atoms with Gasteiger partial charge in [-0.1, -0.05) is 0 Å². The Morgan fingerprint density at radius 3 is 3.25 bits per heavy atom. The van der Waals surface area contributed by atoms with Gasteiger partial charge in [-0.05, 0) is 12.1 Å². The zero-order valence-corrected chi connectivity index (χ0v) is 7.27. The summed E-state index contributed by atoms with van der Waals surface area (Å²) in [7, 11) is 0. The van der Waals surface area contributed by atoms with Crippen LogP contribution < -0.4 is 11.3 Å². The monoisotopic (exact) mass is 179 g/mol. The van der Waals surface area contributed by atoms with Gasteiger partial charge in [0.2, 0.25) is 0 Å². The second-order valence-electron chi connectivity index (χ2n) is 2.51. The van der Waals surface area contributed by atoms with Crippen LogP contribution >= 0.6 is 11.3 Å². The highest BCUT2D eigenvalue weighted by molar-refractivity contribution is 7.19. The average Bonchev–Trinajstić information content (AvgIpc) is 2.47. The van der Waals surface area contributed by atoms with Crippen LogP contribution in [0.2, 0.25) is 0 Å². The van der Waals surface area contributed by atoms with Crippen LogP contribution in [0.25, 0.3) is 10.1 Å². The summed E-state index contributed by atoms with van der Waals surface area (Å²) in [6.07, 6.45) is 3.67. The molecule has 0 aliphatic carbocycles. The highest BCUT2D eigenvalue weighted by atomic mass is 32.1. The number of fused-ring (bicyclic) bond motifs is 1. The normalized spacial score (nSPS) is 10.8. The van der Waals surface area contributed by atoms with Crippen LogP contribution in [0.15, 0.2) is 24.5 Å². The quantitative estimate of drug-likeness (QED) is 0.539. The fraction of sp³-hybridized carbons (Fsp3) is 0.125. The molecule has 0 aromatic carbocycles. The predicted octanol–water partition coefficient (Wildman–Crippen LogP) is 1.26. The highest BCUT2D eigenvalue weighted by Crippen LogP contribution is 2.23. The Morgan fingerprint density at radius 2 is 2.50 bits per heavy atom. The fourth-order valence-corrected chi connectivity index (χ4v) is 2.11. The first-order valence-corrected chi connectivity index (χ1v) is 4.47. The third-order valence-electron chi connectivity index (χ3n) is 1.64. The number of nitrogens with zero attached hydrogens (tertiary/aromatic N) is 1. The van der Waals surface area contributed by atoms with Crippen molar-refractivity contribution in [3.8, 4) is 0 Å². The largest absolute Gasteiger partial charge is 0.271 e. The van der Waals surface area contributed by atoms with E-state index in [1.54, 1.807) is 17.5 Å². The first-order valence-electron chi connectivity index (χ1n) is 3.66. The topological polar surface area (TPSA) is 50.9 Å². The van der Waals surface area contributed by atoms with Crippen LogP contribution in [0, 0.1) is 0 Å². The number of hydrogen-bond donors (Lipinski definition) is 2. The van der Waals surface area contributed by atoms with Crippen molar-refractivity contribution in [1.29, 1.82) is 0 Å². The number of hydrogen-bond acceptors (Lipinski definition) is 4. The molecule has 2 rings (SSSR count). The van der Waals surface area contributed by atoms with Gasteiger partial charge in [-0.2, -0.15) is 0 Å². The van der Waals surface area contributed by atoms with Crippen molar-refractivity contribution >= 4 is 21.4 Å². The van der Waals surface area contributed by atoms with Gasteiger partial charge in [0.05, 0.1) is 0 Å². The smallest absolute Gasteiger partial charge is 0.0443 e. The molecule has 3 N–H and O–H groups in total. The molecule has 2 aromatic heterocycles. The van der Waals surface area contributed by atoms with Crippen molar-refractivity contribution in [3.63, 3.8) is 0 Å². The molecule has 0 spiro atoms. The van der Waals surface area contributed by atoms with Crippen LogP contribution in [0.3, 0.4) is 0 Å². The van der Waals surface area contributed by atoms with E-state index >= 15 is 0 Å². The lowest BCUT2D eigenvalue weighted by atomic mass is 10.3. The Kier molecular flexibility index (Phi) is 2.03. The molecule has 0 atom stereocenters. The fourth-order valence-electron chi connectivity index (χ4n) is 1.13. The highest BCUT2D eigenvalue weighted by Gasteiger charge is 1.99. The van der Waals surface area contributed by atoms with Gasteiger partial charge in [0.15, 0.2) is 0 Å². The maximum atomic E-state index is 5.22. The van der Waals surface area contributed by atoms with Gasteiger partial charge in [0.25, 0.3) is 0 Å². The number of pyridine rings is 1. The van der Waals surface area contributed by atoms with E-state index in [-0.39, 0.29) is 0 Å². The Hall–Kier alpha value is -0.970. The lowest BCUT2D eigenvalue weighted by Gasteiger charge is -1.89. The Labute approximate surface area is 74.2 Å². The standard InChI is InChI=1S/C8H9N3S/c9-11-5-7-3-6-4-10-2-1-8(6)12-7/h1-4,11H,5,9H2. The zero-order chi connectivity index (χ0) is 8.39. The van der Waals surface area contributed by atoms with Crippen molar-refractivity contribution in [2.75, 3.05) is 0 Å². The molecule has 0 aliphatic rings. The van der Waals surface area contributed by atoms with Crippen LogP contribution in [0.1, 0.15) is 4.88 Å². The molecule has 12 heavy (non-hydrogen) atoms. The molecular formula is C8H9N3S. The number of hydrazine groups is 1. The summed E-state index contributed by atoms with van der Waals surface area (Å²) in [4.78, 5) is 5.28. The molecule has 0 radical (unpaired) electrons. The lowest BCUT2D eigenvalue weighted by molar-refractivity contribution is 0.751. The Bertz CT molecular complexity index is 349. The molecule has 3 nitrogen and oxygen atoms in total. The summed E-state index contributed by atoms with van der Waals surface area (Å²) < 4.78 is 1.26. The molecule has 2 heterocycles. The molecule has 0 aliphatic heterocycles. The number of thiophene rings is 1. The molecule has 4 heteroatoms. The molecule has 0 fully saturated rings. The maximum absolute atomic E-state index is 5.22. The first kappa shape index (κ1) is 7.67. The van der Waals surface area contributed by atoms with E-state index in [2.05, 4.69) is 16.5 Å². The van der Waals surface area contributed by atoms with Gasteiger partial charge in [-0.25, -0.2) is 0 Å². The first-order chi connectivity index (χ1) is 5.90. The van der Waals surface area contributed by atoms with Gasteiger partial charge >= 0.3 is 0 Å². The summed E-state index contributed by atoms with van der Waals surface area (Å²) in [5.41, 5.74) is 2.63. The lowest BCUT2D eigenvalue weighted by Crippen LogP contribution is -2.19. The van der Waals surface area contributed by atoms with Crippen molar-refractivity contribution in [2.24, 2.45) is 5.84 Å². The van der Waals surface area contributed by atoms with E-state index in [1.807, 2.05) is 12.3 Å². The van der Waals surface area contributed by atoms with Crippen molar-refractivity contribution < 1.29 is 0 Å². The molecule has 2 aromatic rings. The van der Waals surface area contributed by atoms with Crippen molar-refractivity contribution in [3.05, 3.63) is 29.4 Å². The summed E-state index contributed by atoms with van der Waals surface area (Å²) in [6, 6.07) is 4.12. The minimum absolute atomic E-state index is 0.722. The van der Waals surface area contributed by atoms with E-state index in [0.717, 1.165) is 6.54 Å². The number of nitrogens with one attached hydrogen (secondary N) is 1. The molecule has 0 bridgehead atoms. The van der Waals surface area contributed by atoms with Crippen LogP contribution in [0.4, 0.5) is 0 Å². The van der Waals surface area contributed by atoms with Gasteiger partial charge in [-0.3, -0.25) is 16.3 Å². The second kappa shape index (κ2) is 3.18. The van der Waals surface area contributed by atoms with E-state index in [4.69, 9.17) is 5.84 Å². The predicted molar refractivity (Wildman–Crippen MR) is 50.6 cm³/mol. The minimum atomic E-state index is 0.722. The molecule has 0 unspecified atom stereocenters. The molecule has 0 saturated heterocycles. The third-order valence-corrected chi connectivity index (χ3v) is 2.76. The number of aromatic nitrogens is 1. The van der Waals surface area contributed by atoms with E-state index in [0.29, 0.717) is 0 Å². The summed E-state index contributed by atoms with van der Waals surface area (Å²) >= 11 is 1.74. The van der Waals surface area contributed by atoms with Crippen molar-refractivity contribution in [2.45, 2.75) is 6.54 Å². The number of nitrogens with two attached hydrogens (primary N) is 1. The van der Waals surface area contributed by atoms with Crippen molar-refractivity contribution in [1.82, 2.24) is 10.4 Å². The van der Waals surface area contributed by atoms with Crippen LogP contribution in [0.5, 0.6) is 0 Å². The van der Waals surface area contributed by atoms with E-state index < -0.39 is 0 Å². The Morgan fingerprint density at radius 1 is 1.58 bits per heavy atom. The number of rotatable bonds is 2. The van der Waals surface area contributed by atoms with Gasteiger partial charge in [0, 0.05) is 33.9 Å². The second-order valence-corrected chi connectivity index (χ2v) is 3.68. The molecule has 62 valence electrons. The minimum Gasteiger partial charge on any atom is -0.271 e. The summed E-state index contributed by atoms with van der Waals surface area (Å²) in [5.74, 6) is 5.22. The van der Waals surface area contributed by atoms with E-state index in [9.17, 15) is 0 Å². The summed E-state index contributed by atoms with van der Waals surface area (Å²) in [6.45, 7) is 0.722. The zero-order valence-electron chi connectivity index (χ0n) is 6.45. The molecular weight excluding hydrogens is 170 g/mol. The van der Waals surface area contributed by atoms with Gasteiger partial charge < -0.3 is 0 Å².